The molecule has 156 valence electrons. The van der Waals surface area contributed by atoms with Crippen LogP contribution in [0.3, 0.4) is 0 Å². The van der Waals surface area contributed by atoms with E-state index in [1.165, 1.54) is 41.8 Å². The molecule has 2 amide bonds. The minimum atomic E-state index is -1.48. The van der Waals surface area contributed by atoms with Crippen molar-refractivity contribution in [1.82, 2.24) is 14.9 Å². The Kier molecular flexibility index (Phi) is 6.21. The number of amides is 2. The Morgan fingerprint density at radius 1 is 1.03 bits per heavy atom. The van der Waals surface area contributed by atoms with Gasteiger partial charge in [0, 0.05) is 16.5 Å². The van der Waals surface area contributed by atoms with Gasteiger partial charge < -0.3 is 5.32 Å². The number of hydrogen-bond donors (Lipinski definition) is 1. The molecule has 0 fully saturated rings. The van der Waals surface area contributed by atoms with Gasteiger partial charge in [-0.15, -0.1) is 5.10 Å². The highest BCUT2D eigenvalue weighted by Crippen LogP contribution is 2.33. The summed E-state index contributed by atoms with van der Waals surface area (Å²) in [5.41, 5.74) is -0.993. The molecule has 0 saturated carbocycles. The smallest absolute Gasteiger partial charge is 0.280 e. The number of para-hydroxylation sites is 1. The first-order valence-corrected chi connectivity index (χ1v) is 9.94. The van der Waals surface area contributed by atoms with Crippen LogP contribution in [0, 0.1) is 11.6 Å². The summed E-state index contributed by atoms with van der Waals surface area (Å²) >= 11 is 0.937. The maximum absolute atomic E-state index is 14.8. The maximum atomic E-state index is 14.8. The first kappa shape index (κ1) is 21.5. The van der Waals surface area contributed by atoms with Crippen molar-refractivity contribution in [3.63, 3.8) is 0 Å². The third-order valence-electron chi connectivity index (χ3n) is 4.11. The molecule has 3 aromatic rings. The lowest BCUT2D eigenvalue weighted by Gasteiger charge is -2.33. The van der Waals surface area contributed by atoms with Crippen molar-refractivity contribution >= 4 is 29.0 Å². The fraction of sp³-hybridized carbons (Fsp3) is 0.238. The zero-order chi connectivity index (χ0) is 21.9. The van der Waals surface area contributed by atoms with Gasteiger partial charge in [0.1, 0.15) is 17.7 Å². The van der Waals surface area contributed by atoms with Crippen LogP contribution in [0.5, 0.6) is 0 Å². The van der Waals surface area contributed by atoms with Crippen LogP contribution in [0.1, 0.15) is 42.9 Å². The van der Waals surface area contributed by atoms with Crippen LogP contribution in [-0.4, -0.2) is 26.9 Å². The van der Waals surface area contributed by atoms with Crippen LogP contribution in [-0.2, 0) is 4.79 Å². The summed E-state index contributed by atoms with van der Waals surface area (Å²) in [5, 5.41) is 7.90. The molecule has 0 aliphatic carbocycles. The number of nitrogens with one attached hydrogen (secondary N) is 1. The third-order valence-corrected chi connectivity index (χ3v) is 4.62. The standard InChI is InChI=1S/C21H20F2N4O2S/c1-21(2,3)24-19(28)18(13-8-4-5-9-14(13)22)27(17-11-7-6-10-15(17)23)20(29)16-12-30-26-25-16/h4-12,18H,1-3H3,(H,24,28)/t18-/m0/s1. The van der Waals surface area contributed by atoms with Crippen LogP contribution in [0.25, 0.3) is 0 Å². The Labute approximate surface area is 176 Å². The SMILES string of the molecule is CC(C)(C)NC(=O)[C@H](c1ccccc1F)N(C(=O)c1csnn1)c1ccccc1F. The molecule has 0 unspecified atom stereocenters. The van der Waals surface area contributed by atoms with Crippen molar-refractivity contribution in [1.29, 1.82) is 0 Å². The van der Waals surface area contributed by atoms with Crippen molar-refractivity contribution < 1.29 is 18.4 Å². The molecule has 30 heavy (non-hydrogen) atoms. The highest BCUT2D eigenvalue weighted by atomic mass is 32.1. The lowest BCUT2D eigenvalue weighted by atomic mass is 10.00. The van der Waals surface area contributed by atoms with Gasteiger partial charge in [0.15, 0.2) is 5.69 Å². The first-order chi connectivity index (χ1) is 14.2. The molecule has 0 radical (unpaired) electrons. The van der Waals surface area contributed by atoms with E-state index in [1.807, 2.05) is 0 Å². The molecule has 3 rings (SSSR count). The van der Waals surface area contributed by atoms with E-state index in [1.54, 1.807) is 26.8 Å². The summed E-state index contributed by atoms with van der Waals surface area (Å²) in [6.45, 7) is 5.26. The summed E-state index contributed by atoms with van der Waals surface area (Å²) in [4.78, 5) is 27.5. The molecule has 1 atom stereocenters. The van der Waals surface area contributed by atoms with E-state index in [-0.39, 0.29) is 16.9 Å². The average molecular weight is 430 g/mol. The Hall–Kier alpha value is -3.20. The van der Waals surface area contributed by atoms with Gasteiger partial charge >= 0.3 is 0 Å². The number of aromatic nitrogens is 2. The lowest BCUT2D eigenvalue weighted by Crippen LogP contribution is -2.50. The largest absolute Gasteiger partial charge is 0.349 e. The zero-order valence-corrected chi connectivity index (χ0v) is 17.4. The third kappa shape index (κ3) is 4.68. The molecule has 0 aliphatic rings. The fourth-order valence-corrected chi connectivity index (χ4v) is 3.36. The molecule has 0 spiro atoms. The molecule has 9 heteroatoms. The summed E-state index contributed by atoms with van der Waals surface area (Å²) < 4.78 is 33.2. The highest BCUT2D eigenvalue weighted by molar-refractivity contribution is 7.03. The van der Waals surface area contributed by atoms with E-state index < -0.39 is 35.0 Å². The first-order valence-electron chi connectivity index (χ1n) is 9.10. The minimum Gasteiger partial charge on any atom is -0.349 e. The van der Waals surface area contributed by atoms with Gasteiger partial charge in [0.05, 0.1) is 5.69 Å². The summed E-state index contributed by atoms with van der Waals surface area (Å²) in [5.74, 6) is -2.87. The maximum Gasteiger partial charge on any atom is 0.280 e. The number of hydrogen-bond acceptors (Lipinski definition) is 5. The topological polar surface area (TPSA) is 75.2 Å². The molecular formula is C21H20F2N4O2S. The average Bonchev–Trinajstić information content (AvgIpc) is 3.21. The van der Waals surface area contributed by atoms with Gasteiger partial charge in [-0.05, 0) is 50.5 Å². The van der Waals surface area contributed by atoms with Crippen LogP contribution in [0.4, 0.5) is 14.5 Å². The minimum absolute atomic E-state index is 0.0703. The fourth-order valence-electron chi connectivity index (χ4n) is 2.93. The van der Waals surface area contributed by atoms with Crippen molar-refractivity contribution in [2.24, 2.45) is 0 Å². The van der Waals surface area contributed by atoms with Crippen molar-refractivity contribution in [2.45, 2.75) is 32.4 Å². The monoisotopic (exact) mass is 430 g/mol. The summed E-state index contributed by atoms with van der Waals surface area (Å²) in [7, 11) is 0. The van der Waals surface area contributed by atoms with E-state index in [9.17, 15) is 18.4 Å². The number of nitrogens with zero attached hydrogens (tertiary/aromatic N) is 3. The van der Waals surface area contributed by atoms with Crippen molar-refractivity contribution in [3.8, 4) is 0 Å². The van der Waals surface area contributed by atoms with Crippen molar-refractivity contribution in [2.75, 3.05) is 4.90 Å². The number of carbonyl (C=O) groups is 2. The van der Waals surface area contributed by atoms with E-state index in [2.05, 4.69) is 14.9 Å². The van der Waals surface area contributed by atoms with Crippen LogP contribution in [0.15, 0.2) is 53.9 Å². The highest BCUT2D eigenvalue weighted by Gasteiger charge is 2.38. The van der Waals surface area contributed by atoms with Gasteiger partial charge in [-0.1, -0.05) is 34.8 Å². The Bertz CT molecular complexity index is 1050. The number of anilines is 1. The summed E-state index contributed by atoms with van der Waals surface area (Å²) in [6, 6.07) is 9.61. The molecule has 1 heterocycles. The predicted molar refractivity (Wildman–Crippen MR) is 110 cm³/mol. The van der Waals surface area contributed by atoms with Crippen LogP contribution >= 0.6 is 11.5 Å². The second kappa shape index (κ2) is 8.66. The van der Waals surface area contributed by atoms with Crippen molar-refractivity contribution in [3.05, 3.63) is 76.8 Å². The van der Waals surface area contributed by atoms with E-state index in [4.69, 9.17) is 0 Å². The van der Waals surface area contributed by atoms with E-state index in [0.29, 0.717) is 0 Å². The number of rotatable bonds is 5. The van der Waals surface area contributed by atoms with Gasteiger partial charge in [-0.3, -0.25) is 14.5 Å². The van der Waals surface area contributed by atoms with Gasteiger partial charge in [0.25, 0.3) is 5.91 Å². The van der Waals surface area contributed by atoms with E-state index in [0.717, 1.165) is 22.5 Å². The van der Waals surface area contributed by atoms with Crippen LogP contribution < -0.4 is 10.2 Å². The van der Waals surface area contributed by atoms with Crippen LogP contribution in [0.2, 0.25) is 0 Å². The second-order valence-corrected chi connectivity index (χ2v) is 8.19. The Balaban J connectivity index is 2.23. The van der Waals surface area contributed by atoms with Gasteiger partial charge in [-0.25, -0.2) is 8.78 Å². The molecule has 0 saturated heterocycles. The quantitative estimate of drug-likeness (QED) is 0.661. The predicted octanol–water partition coefficient (Wildman–Crippen LogP) is 4.12. The van der Waals surface area contributed by atoms with Gasteiger partial charge in [-0.2, -0.15) is 0 Å². The molecule has 0 aliphatic heterocycles. The molecular weight excluding hydrogens is 410 g/mol. The number of halogens is 2. The molecule has 1 aromatic heterocycles. The lowest BCUT2D eigenvalue weighted by molar-refractivity contribution is -0.124. The molecule has 1 N–H and O–H groups in total. The molecule has 0 bridgehead atoms. The number of carbonyl (C=O) groups excluding carboxylic acids is 2. The second-order valence-electron chi connectivity index (χ2n) is 7.58. The summed E-state index contributed by atoms with van der Waals surface area (Å²) in [6.07, 6.45) is 0. The normalized spacial score (nSPS) is 12.3. The zero-order valence-electron chi connectivity index (χ0n) is 16.6. The molecule has 2 aromatic carbocycles. The van der Waals surface area contributed by atoms with Gasteiger partial charge in [0.2, 0.25) is 5.91 Å². The number of benzene rings is 2. The van der Waals surface area contributed by atoms with E-state index >= 15 is 0 Å². The molecule has 6 nitrogen and oxygen atoms in total. The Morgan fingerprint density at radius 3 is 2.23 bits per heavy atom. The Morgan fingerprint density at radius 2 is 1.67 bits per heavy atom.